The number of hydrogen-bond acceptors (Lipinski definition) is 3. The van der Waals surface area contributed by atoms with Crippen molar-refractivity contribution in [3.63, 3.8) is 0 Å². The first-order valence-electron chi connectivity index (χ1n) is 4.53. The fraction of sp³-hybridized carbons (Fsp3) is 0. The van der Waals surface area contributed by atoms with Gasteiger partial charge in [0.1, 0.15) is 11.5 Å². The third kappa shape index (κ3) is 2.32. The number of rotatable bonds is 2. The number of amides is 1. The molecule has 82 valence electrons. The Hall–Kier alpha value is -2.01. The van der Waals surface area contributed by atoms with Crippen molar-refractivity contribution in [2.75, 3.05) is 11.1 Å². The summed E-state index contributed by atoms with van der Waals surface area (Å²) in [5.41, 5.74) is 6.31. The van der Waals surface area contributed by atoms with E-state index >= 15 is 0 Å². The molecule has 1 aromatic heterocycles. The second-order valence-corrected chi connectivity index (χ2v) is 3.61. The van der Waals surface area contributed by atoms with Crippen LogP contribution >= 0.6 is 11.6 Å². The topological polar surface area (TPSA) is 83.8 Å². The standard InChI is InChI=1S/C10H9ClN4O/c11-6-2-1-3-7(4-6)13-10(16)8-5-9(12)15-14-8/h1-5H,(H,13,16)(H3,12,14,15). The average Bonchev–Trinajstić information content (AvgIpc) is 2.65. The average molecular weight is 237 g/mol. The van der Waals surface area contributed by atoms with Gasteiger partial charge in [0.2, 0.25) is 0 Å². The first kappa shape index (κ1) is 10.5. The first-order valence-corrected chi connectivity index (χ1v) is 4.91. The van der Waals surface area contributed by atoms with E-state index in [2.05, 4.69) is 15.5 Å². The maximum Gasteiger partial charge on any atom is 0.273 e. The molecule has 1 amide bonds. The smallest absolute Gasteiger partial charge is 0.273 e. The summed E-state index contributed by atoms with van der Waals surface area (Å²) in [4.78, 5) is 11.7. The quantitative estimate of drug-likeness (QED) is 0.745. The zero-order valence-corrected chi connectivity index (χ0v) is 8.95. The minimum Gasteiger partial charge on any atom is -0.382 e. The highest BCUT2D eigenvalue weighted by molar-refractivity contribution is 6.30. The van der Waals surface area contributed by atoms with Crippen LogP contribution in [-0.4, -0.2) is 16.1 Å². The van der Waals surface area contributed by atoms with Gasteiger partial charge in [-0.1, -0.05) is 17.7 Å². The van der Waals surface area contributed by atoms with E-state index in [-0.39, 0.29) is 11.7 Å². The van der Waals surface area contributed by atoms with Crippen LogP contribution in [0, 0.1) is 0 Å². The van der Waals surface area contributed by atoms with E-state index in [1.807, 2.05) is 0 Å². The first-order chi connectivity index (χ1) is 7.65. The lowest BCUT2D eigenvalue weighted by Crippen LogP contribution is -2.12. The molecule has 0 aliphatic rings. The van der Waals surface area contributed by atoms with Crippen molar-refractivity contribution in [3.05, 3.63) is 41.0 Å². The fourth-order valence-electron chi connectivity index (χ4n) is 1.22. The van der Waals surface area contributed by atoms with Gasteiger partial charge < -0.3 is 11.1 Å². The number of hydrogen-bond donors (Lipinski definition) is 3. The van der Waals surface area contributed by atoms with Crippen molar-refractivity contribution in [3.8, 4) is 0 Å². The minimum absolute atomic E-state index is 0.274. The number of carbonyl (C=O) groups excluding carboxylic acids is 1. The molecule has 5 nitrogen and oxygen atoms in total. The molecule has 0 bridgehead atoms. The van der Waals surface area contributed by atoms with Gasteiger partial charge in [0.25, 0.3) is 5.91 Å². The second kappa shape index (κ2) is 4.24. The molecular formula is C10H9ClN4O. The summed E-state index contributed by atoms with van der Waals surface area (Å²) >= 11 is 5.79. The number of halogens is 1. The highest BCUT2D eigenvalue weighted by Crippen LogP contribution is 2.15. The lowest BCUT2D eigenvalue weighted by atomic mass is 10.3. The van der Waals surface area contributed by atoms with Gasteiger partial charge in [-0.05, 0) is 18.2 Å². The molecule has 0 fully saturated rings. The Balaban J connectivity index is 2.13. The van der Waals surface area contributed by atoms with Gasteiger partial charge in [0.05, 0.1) is 0 Å². The van der Waals surface area contributed by atoms with Crippen molar-refractivity contribution >= 4 is 29.0 Å². The van der Waals surface area contributed by atoms with Gasteiger partial charge in [-0.15, -0.1) is 0 Å². The maximum absolute atomic E-state index is 11.7. The van der Waals surface area contributed by atoms with Crippen LogP contribution in [0.3, 0.4) is 0 Å². The van der Waals surface area contributed by atoms with Gasteiger partial charge in [0, 0.05) is 16.8 Å². The SMILES string of the molecule is Nc1cc(C(=O)Nc2cccc(Cl)c2)[nH]n1. The van der Waals surface area contributed by atoms with Gasteiger partial charge >= 0.3 is 0 Å². The highest BCUT2D eigenvalue weighted by Gasteiger charge is 2.08. The van der Waals surface area contributed by atoms with Crippen LogP contribution in [0.4, 0.5) is 11.5 Å². The van der Waals surface area contributed by atoms with E-state index in [9.17, 15) is 4.79 Å². The van der Waals surface area contributed by atoms with Crippen molar-refractivity contribution in [2.45, 2.75) is 0 Å². The third-order valence-corrected chi connectivity index (χ3v) is 2.16. The second-order valence-electron chi connectivity index (χ2n) is 3.17. The van der Waals surface area contributed by atoms with E-state index in [1.165, 1.54) is 6.07 Å². The molecule has 0 saturated heterocycles. The summed E-state index contributed by atoms with van der Waals surface area (Å²) in [6.07, 6.45) is 0. The molecule has 0 aliphatic heterocycles. The molecule has 2 aromatic rings. The van der Waals surface area contributed by atoms with E-state index in [0.717, 1.165) is 0 Å². The molecular weight excluding hydrogens is 228 g/mol. The number of aromatic nitrogens is 2. The van der Waals surface area contributed by atoms with Gasteiger partial charge in [-0.3, -0.25) is 9.89 Å². The van der Waals surface area contributed by atoms with Crippen LogP contribution in [-0.2, 0) is 0 Å². The number of nitrogens with zero attached hydrogens (tertiary/aromatic N) is 1. The molecule has 6 heteroatoms. The zero-order chi connectivity index (χ0) is 11.5. The Kier molecular flexibility index (Phi) is 2.78. The predicted molar refractivity (Wildman–Crippen MR) is 62.4 cm³/mol. The summed E-state index contributed by atoms with van der Waals surface area (Å²) in [6, 6.07) is 8.33. The number of nitrogen functional groups attached to an aromatic ring is 1. The largest absolute Gasteiger partial charge is 0.382 e. The number of carbonyl (C=O) groups is 1. The number of nitrogens with one attached hydrogen (secondary N) is 2. The molecule has 4 N–H and O–H groups in total. The van der Waals surface area contributed by atoms with Crippen molar-refractivity contribution in [1.29, 1.82) is 0 Å². The molecule has 0 radical (unpaired) electrons. The maximum atomic E-state index is 11.7. The Morgan fingerprint density at radius 3 is 2.88 bits per heavy atom. The lowest BCUT2D eigenvalue weighted by molar-refractivity contribution is 0.102. The van der Waals surface area contributed by atoms with Gasteiger partial charge in [0.15, 0.2) is 0 Å². The van der Waals surface area contributed by atoms with E-state index in [0.29, 0.717) is 16.4 Å². The number of anilines is 2. The number of aromatic amines is 1. The van der Waals surface area contributed by atoms with Crippen LogP contribution in [0.2, 0.25) is 5.02 Å². The molecule has 0 saturated carbocycles. The Bertz CT molecular complexity index is 523. The van der Waals surface area contributed by atoms with E-state index < -0.39 is 0 Å². The summed E-state index contributed by atoms with van der Waals surface area (Å²) in [6.45, 7) is 0. The van der Waals surface area contributed by atoms with Crippen molar-refractivity contribution < 1.29 is 4.79 Å². The monoisotopic (exact) mass is 236 g/mol. The van der Waals surface area contributed by atoms with Gasteiger partial charge in [-0.2, -0.15) is 5.10 Å². The zero-order valence-electron chi connectivity index (χ0n) is 8.20. The third-order valence-electron chi connectivity index (χ3n) is 1.92. The molecule has 0 aliphatic carbocycles. The predicted octanol–water partition coefficient (Wildman–Crippen LogP) is 1.90. The van der Waals surface area contributed by atoms with Crippen molar-refractivity contribution in [2.24, 2.45) is 0 Å². The fourth-order valence-corrected chi connectivity index (χ4v) is 1.41. The number of nitrogens with two attached hydrogens (primary N) is 1. The summed E-state index contributed by atoms with van der Waals surface area (Å²) in [5, 5.41) is 9.40. The van der Waals surface area contributed by atoms with E-state index in [1.54, 1.807) is 24.3 Å². The highest BCUT2D eigenvalue weighted by atomic mass is 35.5. The van der Waals surface area contributed by atoms with Gasteiger partial charge in [-0.25, -0.2) is 0 Å². The summed E-state index contributed by atoms with van der Waals surface area (Å²) in [5.74, 6) is -0.0392. The van der Waals surface area contributed by atoms with Crippen LogP contribution in [0.1, 0.15) is 10.5 Å². The number of H-pyrrole nitrogens is 1. The normalized spacial score (nSPS) is 10.1. The van der Waals surface area contributed by atoms with Crippen LogP contribution < -0.4 is 11.1 Å². The molecule has 1 aromatic carbocycles. The summed E-state index contributed by atoms with van der Waals surface area (Å²) in [7, 11) is 0. The summed E-state index contributed by atoms with van der Waals surface area (Å²) < 4.78 is 0. The Morgan fingerprint density at radius 1 is 1.44 bits per heavy atom. The minimum atomic E-state index is -0.313. The van der Waals surface area contributed by atoms with Crippen LogP contribution in [0.15, 0.2) is 30.3 Å². The lowest BCUT2D eigenvalue weighted by Gasteiger charge is -2.02. The Labute approximate surface area is 96.6 Å². The van der Waals surface area contributed by atoms with Crippen LogP contribution in [0.25, 0.3) is 0 Å². The molecule has 1 heterocycles. The number of benzene rings is 1. The Morgan fingerprint density at radius 2 is 2.25 bits per heavy atom. The van der Waals surface area contributed by atoms with Crippen molar-refractivity contribution in [1.82, 2.24) is 10.2 Å². The molecule has 0 unspecified atom stereocenters. The van der Waals surface area contributed by atoms with E-state index in [4.69, 9.17) is 17.3 Å². The molecule has 2 rings (SSSR count). The van der Waals surface area contributed by atoms with Crippen LogP contribution in [0.5, 0.6) is 0 Å². The molecule has 0 atom stereocenters. The molecule has 0 spiro atoms. The molecule has 16 heavy (non-hydrogen) atoms.